The van der Waals surface area contributed by atoms with E-state index in [1.807, 2.05) is 0 Å². The summed E-state index contributed by atoms with van der Waals surface area (Å²) >= 11 is 0. The van der Waals surface area contributed by atoms with E-state index in [-0.39, 0.29) is 0 Å². The Morgan fingerprint density at radius 2 is 1.60 bits per heavy atom. The van der Waals surface area contributed by atoms with Crippen LogP contribution in [0.4, 0.5) is 0 Å². The molecule has 0 saturated carbocycles. The van der Waals surface area contributed by atoms with Crippen LogP contribution in [-0.2, 0) is 19.4 Å². The van der Waals surface area contributed by atoms with Gasteiger partial charge < -0.3 is 15.3 Å². The number of hydrogen-bond donors (Lipinski definition) is 3. The number of carboxylic acid groups (broad SMARTS) is 2. The average Bonchev–Trinajstić information content (AvgIpc) is 2.01. The van der Waals surface area contributed by atoms with Crippen LogP contribution in [0, 0.1) is 0 Å². The predicted molar refractivity (Wildman–Crippen MR) is 47.0 cm³/mol. The summed E-state index contributed by atoms with van der Waals surface area (Å²) in [5.41, 5.74) is -0.800. The van der Waals surface area contributed by atoms with E-state index >= 15 is 0 Å². The molecule has 0 fully saturated rings. The van der Waals surface area contributed by atoms with Crippen molar-refractivity contribution in [3.8, 4) is 0 Å². The van der Waals surface area contributed by atoms with E-state index in [4.69, 9.17) is 15.3 Å². The standard InChI is InChI=1S/C8H14O7/c1-8(2,3)15-14-5(7(12)13)4(9)6(10)11/h4-5,9H,1-3H3,(H,10,11)(H,12,13). The third-order valence-corrected chi connectivity index (χ3v) is 1.18. The number of carboxylic acids is 2. The van der Waals surface area contributed by atoms with E-state index in [0.717, 1.165) is 0 Å². The molecule has 0 aliphatic heterocycles. The second-order valence-electron chi connectivity index (χ2n) is 3.83. The number of aliphatic carboxylic acids is 2. The van der Waals surface area contributed by atoms with Crippen molar-refractivity contribution in [3.63, 3.8) is 0 Å². The highest BCUT2D eigenvalue weighted by Crippen LogP contribution is 2.11. The van der Waals surface area contributed by atoms with Crippen molar-refractivity contribution in [2.45, 2.75) is 38.6 Å². The largest absolute Gasteiger partial charge is 0.479 e. The van der Waals surface area contributed by atoms with E-state index in [0.29, 0.717) is 0 Å². The van der Waals surface area contributed by atoms with Crippen LogP contribution in [-0.4, -0.2) is 45.1 Å². The quantitative estimate of drug-likeness (QED) is 0.429. The van der Waals surface area contributed by atoms with Crippen LogP contribution in [0.2, 0.25) is 0 Å². The summed E-state index contributed by atoms with van der Waals surface area (Å²) in [6, 6.07) is 0. The van der Waals surface area contributed by atoms with E-state index in [9.17, 15) is 9.59 Å². The van der Waals surface area contributed by atoms with Gasteiger partial charge in [-0.15, -0.1) is 0 Å². The number of carbonyl (C=O) groups is 2. The van der Waals surface area contributed by atoms with Crippen molar-refractivity contribution in [2.75, 3.05) is 0 Å². The normalized spacial score (nSPS) is 15.7. The zero-order chi connectivity index (χ0) is 12.2. The molecule has 15 heavy (non-hydrogen) atoms. The van der Waals surface area contributed by atoms with Crippen molar-refractivity contribution in [1.29, 1.82) is 0 Å². The molecule has 0 spiro atoms. The minimum absolute atomic E-state index is 0.800. The van der Waals surface area contributed by atoms with Crippen LogP contribution in [0.5, 0.6) is 0 Å². The first-order chi connectivity index (χ1) is 6.65. The van der Waals surface area contributed by atoms with Crippen LogP contribution >= 0.6 is 0 Å². The molecule has 0 aliphatic rings. The second kappa shape index (κ2) is 5.06. The van der Waals surface area contributed by atoms with Crippen molar-refractivity contribution in [1.82, 2.24) is 0 Å². The number of rotatable bonds is 5. The summed E-state index contributed by atoms with van der Waals surface area (Å²) in [5.74, 6) is -3.31. The smallest absolute Gasteiger partial charge is 0.339 e. The molecule has 0 rings (SSSR count). The molecule has 0 heterocycles. The van der Waals surface area contributed by atoms with Crippen LogP contribution in [0.15, 0.2) is 0 Å². The molecule has 0 aromatic rings. The maximum atomic E-state index is 10.5. The molecule has 0 aromatic carbocycles. The van der Waals surface area contributed by atoms with Gasteiger partial charge in [0, 0.05) is 0 Å². The summed E-state index contributed by atoms with van der Waals surface area (Å²) in [6.45, 7) is 4.75. The predicted octanol–water partition coefficient (Wildman–Crippen LogP) is -0.368. The second-order valence-corrected chi connectivity index (χ2v) is 3.83. The van der Waals surface area contributed by atoms with Crippen molar-refractivity contribution < 1.29 is 34.7 Å². The highest BCUT2D eigenvalue weighted by molar-refractivity contribution is 5.83. The maximum Gasteiger partial charge on any atom is 0.339 e. The summed E-state index contributed by atoms with van der Waals surface area (Å²) in [6.07, 6.45) is -4.13. The molecular formula is C8H14O7. The number of aliphatic hydroxyl groups is 1. The summed E-state index contributed by atoms with van der Waals surface area (Å²) in [4.78, 5) is 29.8. The Labute approximate surface area is 86.2 Å². The first kappa shape index (κ1) is 13.8. The van der Waals surface area contributed by atoms with Gasteiger partial charge in [0.25, 0.3) is 0 Å². The lowest BCUT2D eigenvalue weighted by molar-refractivity contribution is -0.375. The minimum Gasteiger partial charge on any atom is -0.479 e. The van der Waals surface area contributed by atoms with Gasteiger partial charge in [0.05, 0.1) is 5.60 Å². The molecular weight excluding hydrogens is 208 g/mol. The molecule has 7 nitrogen and oxygen atoms in total. The van der Waals surface area contributed by atoms with Gasteiger partial charge in [-0.1, -0.05) is 0 Å². The van der Waals surface area contributed by atoms with Gasteiger partial charge in [-0.05, 0) is 20.8 Å². The summed E-state index contributed by atoms with van der Waals surface area (Å²) < 4.78 is 0. The van der Waals surface area contributed by atoms with Gasteiger partial charge in [-0.2, -0.15) is 0 Å². The molecule has 3 N–H and O–H groups in total. The molecule has 0 saturated heterocycles. The van der Waals surface area contributed by atoms with Gasteiger partial charge in [-0.25, -0.2) is 19.4 Å². The third-order valence-electron chi connectivity index (χ3n) is 1.18. The Morgan fingerprint density at radius 1 is 1.13 bits per heavy atom. The lowest BCUT2D eigenvalue weighted by Gasteiger charge is -2.22. The highest BCUT2D eigenvalue weighted by Gasteiger charge is 2.35. The zero-order valence-electron chi connectivity index (χ0n) is 8.63. The van der Waals surface area contributed by atoms with Crippen LogP contribution in [0.25, 0.3) is 0 Å². The van der Waals surface area contributed by atoms with Crippen LogP contribution < -0.4 is 0 Å². The van der Waals surface area contributed by atoms with Gasteiger partial charge in [-0.3, -0.25) is 0 Å². The van der Waals surface area contributed by atoms with Crippen LogP contribution in [0.1, 0.15) is 20.8 Å². The lowest BCUT2D eigenvalue weighted by Crippen LogP contribution is -2.43. The van der Waals surface area contributed by atoms with Crippen molar-refractivity contribution in [3.05, 3.63) is 0 Å². The van der Waals surface area contributed by atoms with Gasteiger partial charge in [0.1, 0.15) is 0 Å². The van der Waals surface area contributed by atoms with E-state index < -0.39 is 29.7 Å². The molecule has 0 bridgehead atoms. The Hall–Kier alpha value is -1.18. The zero-order valence-corrected chi connectivity index (χ0v) is 8.63. The van der Waals surface area contributed by atoms with Gasteiger partial charge in [0.2, 0.25) is 6.10 Å². The Bertz CT molecular complexity index is 242. The third kappa shape index (κ3) is 5.31. The summed E-state index contributed by atoms with van der Waals surface area (Å²) in [5, 5.41) is 25.9. The Kier molecular flexibility index (Phi) is 4.66. The van der Waals surface area contributed by atoms with E-state index in [1.165, 1.54) is 0 Å². The maximum absolute atomic E-state index is 10.5. The van der Waals surface area contributed by atoms with Gasteiger partial charge in [0.15, 0.2) is 6.10 Å². The molecule has 2 atom stereocenters. The van der Waals surface area contributed by atoms with E-state index in [1.54, 1.807) is 20.8 Å². The molecule has 88 valence electrons. The fourth-order valence-electron chi connectivity index (χ4n) is 0.554. The molecule has 7 heteroatoms. The first-order valence-corrected chi connectivity index (χ1v) is 4.13. The fourth-order valence-corrected chi connectivity index (χ4v) is 0.554. The highest BCUT2D eigenvalue weighted by atomic mass is 17.2. The average molecular weight is 222 g/mol. The first-order valence-electron chi connectivity index (χ1n) is 4.13. The summed E-state index contributed by atoms with van der Waals surface area (Å²) in [7, 11) is 0. The number of aliphatic hydroxyl groups excluding tert-OH is 1. The molecule has 2 unspecified atom stereocenters. The van der Waals surface area contributed by atoms with Crippen LogP contribution in [0.3, 0.4) is 0 Å². The van der Waals surface area contributed by atoms with Crippen molar-refractivity contribution >= 4 is 11.9 Å². The lowest BCUT2D eigenvalue weighted by atomic mass is 10.2. The SMILES string of the molecule is CC(C)(C)OOC(C(=O)O)C(O)C(=O)O. The molecule has 0 amide bonds. The monoisotopic (exact) mass is 222 g/mol. The minimum atomic E-state index is -2.18. The Morgan fingerprint density at radius 3 is 1.87 bits per heavy atom. The number of hydrogen-bond acceptors (Lipinski definition) is 5. The van der Waals surface area contributed by atoms with E-state index in [2.05, 4.69) is 9.78 Å². The molecule has 0 aliphatic carbocycles. The fraction of sp³-hybridized carbons (Fsp3) is 0.750. The Balaban J connectivity index is 4.43. The van der Waals surface area contributed by atoms with Gasteiger partial charge >= 0.3 is 11.9 Å². The molecule has 0 radical (unpaired) electrons. The van der Waals surface area contributed by atoms with Crippen molar-refractivity contribution in [2.24, 2.45) is 0 Å². The molecule has 0 aromatic heterocycles. The topological polar surface area (TPSA) is 113 Å².